The summed E-state index contributed by atoms with van der Waals surface area (Å²) in [5, 5.41) is 14.4. The van der Waals surface area contributed by atoms with Crippen molar-refractivity contribution in [2.24, 2.45) is 0 Å². The van der Waals surface area contributed by atoms with Crippen molar-refractivity contribution in [1.29, 1.82) is 0 Å². The summed E-state index contributed by atoms with van der Waals surface area (Å²) in [6.45, 7) is 0. The number of nitro benzene ring substituents is 1. The van der Waals surface area contributed by atoms with Crippen LogP contribution in [0.4, 0.5) is 25.8 Å². The third-order valence-corrected chi connectivity index (χ3v) is 3.13. The average molecular weight is 356 g/mol. The summed E-state index contributed by atoms with van der Waals surface area (Å²) in [6.07, 6.45) is 0. The third-order valence-electron chi connectivity index (χ3n) is 2.81. The second kappa shape index (κ2) is 7.01. The summed E-state index contributed by atoms with van der Waals surface area (Å²) >= 11 is 5.62. The van der Waals surface area contributed by atoms with Gasteiger partial charge in [-0.15, -0.1) is 0 Å². The van der Waals surface area contributed by atoms with Crippen LogP contribution >= 0.6 is 11.6 Å². The number of benzene rings is 2. The van der Waals surface area contributed by atoms with Crippen LogP contribution in [-0.4, -0.2) is 16.7 Å². The molecule has 2 rings (SSSR count). The zero-order valence-electron chi connectivity index (χ0n) is 11.7. The molecule has 2 N–H and O–H groups in total. The van der Waals surface area contributed by atoms with E-state index in [1.807, 2.05) is 0 Å². The maximum atomic E-state index is 13.4. The fourth-order valence-electron chi connectivity index (χ4n) is 1.71. The number of hydrogen-bond donors (Lipinski definition) is 2. The number of hydrogen-bond acceptors (Lipinski definition) is 4. The molecule has 0 aromatic heterocycles. The second-order valence-electron chi connectivity index (χ2n) is 4.43. The van der Waals surface area contributed by atoms with Gasteiger partial charge in [0.25, 0.3) is 5.69 Å². The molecule has 2 aromatic carbocycles. The van der Waals surface area contributed by atoms with Crippen LogP contribution in [0.5, 0.6) is 0 Å². The molecule has 0 unspecified atom stereocenters. The first kappa shape index (κ1) is 17.3. The van der Waals surface area contributed by atoms with E-state index >= 15 is 0 Å². The molecule has 0 spiro atoms. The summed E-state index contributed by atoms with van der Waals surface area (Å²) in [6, 6.07) is 6.22. The monoisotopic (exact) mass is 355 g/mol. The number of halogens is 3. The SMILES string of the molecule is O=C(Nc1ccc(Cl)c([N+](=O)[O-])c1)C(=O)Nc1c(F)cccc1F. The minimum atomic E-state index is -1.35. The van der Waals surface area contributed by atoms with Crippen molar-refractivity contribution in [3.63, 3.8) is 0 Å². The molecule has 10 heteroatoms. The highest BCUT2D eigenvalue weighted by Gasteiger charge is 2.20. The van der Waals surface area contributed by atoms with Gasteiger partial charge in [0.2, 0.25) is 0 Å². The first-order valence-corrected chi connectivity index (χ1v) is 6.67. The molecule has 0 radical (unpaired) electrons. The molecule has 0 aliphatic heterocycles. The number of carbonyl (C=O) groups is 2. The van der Waals surface area contributed by atoms with Gasteiger partial charge in [0, 0.05) is 11.8 Å². The largest absolute Gasteiger partial charge is 0.318 e. The van der Waals surface area contributed by atoms with Gasteiger partial charge in [0.1, 0.15) is 22.3 Å². The molecule has 0 heterocycles. The van der Waals surface area contributed by atoms with Gasteiger partial charge in [0.05, 0.1) is 4.92 Å². The van der Waals surface area contributed by atoms with Crippen LogP contribution in [0.2, 0.25) is 5.02 Å². The highest BCUT2D eigenvalue weighted by atomic mass is 35.5. The Morgan fingerprint density at radius 2 is 1.62 bits per heavy atom. The van der Waals surface area contributed by atoms with Crippen molar-refractivity contribution >= 4 is 40.5 Å². The van der Waals surface area contributed by atoms with E-state index in [9.17, 15) is 28.5 Å². The first-order valence-electron chi connectivity index (χ1n) is 6.30. The smallest absolute Gasteiger partial charge is 0.314 e. The summed E-state index contributed by atoms with van der Waals surface area (Å²) in [5.41, 5.74) is -1.34. The Hall–Kier alpha value is -3.07. The Morgan fingerprint density at radius 1 is 1.04 bits per heavy atom. The molecule has 0 saturated carbocycles. The molecule has 0 fully saturated rings. The Kier molecular flexibility index (Phi) is 5.05. The molecule has 2 aromatic rings. The van der Waals surface area contributed by atoms with Crippen LogP contribution in [-0.2, 0) is 9.59 Å². The topological polar surface area (TPSA) is 101 Å². The summed E-state index contributed by atoms with van der Waals surface area (Å²) in [5.74, 6) is -4.73. The number of nitrogens with zero attached hydrogens (tertiary/aromatic N) is 1. The van der Waals surface area contributed by atoms with E-state index in [2.05, 4.69) is 5.32 Å². The van der Waals surface area contributed by atoms with Crippen LogP contribution < -0.4 is 10.6 Å². The Bertz CT molecular complexity index is 825. The van der Waals surface area contributed by atoms with Gasteiger partial charge in [-0.3, -0.25) is 19.7 Å². The molecule has 7 nitrogen and oxygen atoms in total. The summed E-state index contributed by atoms with van der Waals surface area (Å²) in [7, 11) is 0. The minimum absolute atomic E-state index is 0.0831. The Morgan fingerprint density at radius 3 is 2.21 bits per heavy atom. The van der Waals surface area contributed by atoms with Gasteiger partial charge in [-0.25, -0.2) is 8.78 Å². The predicted molar refractivity (Wildman–Crippen MR) is 81.7 cm³/mol. The van der Waals surface area contributed by atoms with Gasteiger partial charge in [0.15, 0.2) is 0 Å². The number of carbonyl (C=O) groups excluding carboxylic acids is 2. The fourth-order valence-corrected chi connectivity index (χ4v) is 1.89. The van der Waals surface area contributed by atoms with Gasteiger partial charge in [-0.1, -0.05) is 17.7 Å². The maximum Gasteiger partial charge on any atom is 0.314 e. The van der Waals surface area contributed by atoms with Crippen molar-refractivity contribution in [1.82, 2.24) is 0 Å². The molecule has 0 saturated heterocycles. The number of nitrogens with one attached hydrogen (secondary N) is 2. The van der Waals surface area contributed by atoms with Crippen molar-refractivity contribution in [3.8, 4) is 0 Å². The molecule has 0 atom stereocenters. The van der Waals surface area contributed by atoms with Crippen LogP contribution in [0.15, 0.2) is 36.4 Å². The van der Waals surface area contributed by atoms with Gasteiger partial charge in [-0.05, 0) is 24.3 Å². The third kappa shape index (κ3) is 3.82. The number of rotatable bonds is 3. The van der Waals surface area contributed by atoms with Crippen molar-refractivity contribution in [2.45, 2.75) is 0 Å². The van der Waals surface area contributed by atoms with Gasteiger partial charge >= 0.3 is 11.8 Å². The number of para-hydroxylation sites is 1. The van der Waals surface area contributed by atoms with Crippen LogP contribution in [0.3, 0.4) is 0 Å². The van der Waals surface area contributed by atoms with Crippen molar-refractivity contribution in [2.75, 3.05) is 10.6 Å². The molecule has 0 bridgehead atoms. The zero-order valence-corrected chi connectivity index (χ0v) is 12.4. The van der Waals surface area contributed by atoms with Crippen LogP contribution in [0.25, 0.3) is 0 Å². The van der Waals surface area contributed by atoms with Crippen molar-refractivity contribution < 1.29 is 23.3 Å². The van der Waals surface area contributed by atoms with E-state index in [-0.39, 0.29) is 10.7 Å². The van der Waals surface area contributed by atoms with E-state index < -0.39 is 39.7 Å². The Balaban J connectivity index is 2.14. The van der Waals surface area contributed by atoms with Crippen molar-refractivity contribution in [3.05, 3.63) is 63.2 Å². The minimum Gasteiger partial charge on any atom is -0.318 e. The van der Waals surface area contributed by atoms with Gasteiger partial charge < -0.3 is 10.6 Å². The lowest BCUT2D eigenvalue weighted by Crippen LogP contribution is -2.29. The van der Waals surface area contributed by atoms with E-state index in [1.54, 1.807) is 5.32 Å². The lowest BCUT2D eigenvalue weighted by atomic mass is 10.2. The predicted octanol–water partition coefficient (Wildman–Crippen LogP) is 3.10. The van der Waals surface area contributed by atoms with Crippen LogP contribution in [0, 0.1) is 21.7 Å². The molecule has 0 aliphatic carbocycles. The second-order valence-corrected chi connectivity index (χ2v) is 4.84. The molecule has 0 aliphatic rings. The average Bonchev–Trinajstić information content (AvgIpc) is 2.52. The fraction of sp³-hybridized carbons (Fsp3) is 0. The number of anilines is 2. The van der Waals surface area contributed by atoms with E-state index in [1.165, 1.54) is 6.07 Å². The van der Waals surface area contributed by atoms with Gasteiger partial charge in [-0.2, -0.15) is 0 Å². The van der Waals surface area contributed by atoms with E-state index in [0.717, 1.165) is 30.3 Å². The number of nitro groups is 1. The first-order chi connectivity index (χ1) is 11.3. The molecule has 2 amide bonds. The lowest BCUT2D eigenvalue weighted by molar-refractivity contribution is -0.384. The zero-order chi connectivity index (χ0) is 17.9. The summed E-state index contributed by atoms with van der Waals surface area (Å²) < 4.78 is 26.8. The Labute approximate surface area is 138 Å². The number of amides is 2. The van der Waals surface area contributed by atoms with E-state index in [0.29, 0.717) is 0 Å². The highest BCUT2D eigenvalue weighted by Crippen LogP contribution is 2.27. The summed E-state index contributed by atoms with van der Waals surface area (Å²) in [4.78, 5) is 33.4. The van der Waals surface area contributed by atoms with Crippen LogP contribution in [0.1, 0.15) is 0 Å². The quantitative estimate of drug-likeness (QED) is 0.501. The molecule has 24 heavy (non-hydrogen) atoms. The molecular formula is C14H8ClF2N3O4. The lowest BCUT2D eigenvalue weighted by Gasteiger charge is -2.08. The highest BCUT2D eigenvalue weighted by molar-refractivity contribution is 6.43. The molecular weight excluding hydrogens is 348 g/mol. The molecule has 124 valence electrons. The standard InChI is InChI=1S/C14H8ClF2N3O4/c15-8-5-4-7(6-11(8)20(23)24)18-13(21)14(22)19-12-9(16)2-1-3-10(12)17/h1-6H,(H,18,21)(H,19,22). The van der Waals surface area contributed by atoms with E-state index in [4.69, 9.17) is 11.6 Å². The normalized spacial score (nSPS) is 10.1. The maximum absolute atomic E-state index is 13.4.